The first-order valence-corrected chi connectivity index (χ1v) is 9.87. The number of carbonyl (C=O) groups excluding carboxylic acids is 1. The van der Waals surface area contributed by atoms with Crippen LogP contribution in [0.15, 0.2) is 47.4 Å². The number of nitrogens with one attached hydrogen (secondary N) is 1. The maximum atomic E-state index is 12.6. The number of fused-ring (bicyclic) bond motifs is 1. The molecule has 7 heteroatoms. The Hall–Kier alpha value is -2.54. The fraction of sp³-hybridized carbons (Fsp3) is 0.316. The summed E-state index contributed by atoms with van der Waals surface area (Å²) in [7, 11) is -2.31. The molecule has 0 saturated carbocycles. The van der Waals surface area contributed by atoms with Gasteiger partial charge in [0.1, 0.15) is 5.75 Å². The van der Waals surface area contributed by atoms with Crippen molar-refractivity contribution >= 4 is 16.1 Å². The first-order valence-electron chi connectivity index (χ1n) is 8.39. The number of carbonyl (C=O) groups is 1. The largest absolute Gasteiger partial charge is 0.497 e. The maximum absolute atomic E-state index is 12.6. The van der Waals surface area contributed by atoms with E-state index in [1.54, 1.807) is 19.2 Å². The summed E-state index contributed by atoms with van der Waals surface area (Å²) in [5, 5.41) is 0. The van der Waals surface area contributed by atoms with E-state index in [1.807, 2.05) is 32.0 Å². The molecule has 1 atom stereocenters. The predicted octanol–water partition coefficient (Wildman–Crippen LogP) is 3.02. The number of rotatable bonds is 3. The SMILES string of the molecule is COc1ccc2c(c1)C(C)N(C(=O)NS(=O)(=O)c1ccc(C)cc1)CC2. The van der Waals surface area contributed by atoms with E-state index >= 15 is 0 Å². The molecular formula is C19H22N2O4S. The smallest absolute Gasteiger partial charge is 0.331 e. The summed E-state index contributed by atoms with van der Waals surface area (Å²) in [6.07, 6.45) is 0.668. The summed E-state index contributed by atoms with van der Waals surface area (Å²) in [6, 6.07) is 11.3. The van der Waals surface area contributed by atoms with Crippen LogP contribution in [0.4, 0.5) is 4.79 Å². The third kappa shape index (κ3) is 3.53. The van der Waals surface area contributed by atoms with Crippen LogP contribution in [0, 0.1) is 6.92 Å². The minimum absolute atomic E-state index is 0.0724. The van der Waals surface area contributed by atoms with E-state index in [4.69, 9.17) is 4.74 Å². The molecule has 0 fully saturated rings. The molecule has 1 aliphatic rings. The second kappa shape index (κ2) is 6.99. The molecule has 0 aromatic heterocycles. The van der Waals surface area contributed by atoms with Crippen molar-refractivity contribution in [2.45, 2.75) is 31.2 Å². The van der Waals surface area contributed by atoms with Crippen LogP contribution in [-0.4, -0.2) is 33.0 Å². The van der Waals surface area contributed by atoms with Gasteiger partial charge >= 0.3 is 6.03 Å². The zero-order valence-electron chi connectivity index (χ0n) is 15.0. The molecule has 3 rings (SSSR count). The molecule has 1 N–H and O–H groups in total. The van der Waals surface area contributed by atoms with E-state index in [2.05, 4.69) is 4.72 Å². The summed E-state index contributed by atoms with van der Waals surface area (Å²) in [4.78, 5) is 14.2. The van der Waals surface area contributed by atoms with Crippen LogP contribution in [0.1, 0.15) is 29.7 Å². The first kappa shape index (κ1) is 18.3. The fourth-order valence-electron chi connectivity index (χ4n) is 3.15. The summed E-state index contributed by atoms with van der Waals surface area (Å²) >= 11 is 0. The lowest BCUT2D eigenvalue weighted by molar-refractivity contribution is 0.180. The second-order valence-electron chi connectivity index (χ2n) is 6.41. The Labute approximate surface area is 153 Å². The Morgan fingerprint density at radius 1 is 1.19 bits per heavy atom. The van der Waals surface area contributed by atoms with E-state index < -0.39 is 16.1 Å². The number of urea groups is 1. The minimum Gasteiger partial charge on any atom is -0.497 e. The van der Waals surface area contributed by atoms with Gasteiger partial charge in [0.15, 0.2) is 0 Å². The van der Waals surface area contributed by atoms with Crippen molar-refractivity contribution in [3.63, 3.8) is 0 Å². The lowest BCUT2D eigenvalue weighted by Crippen LogP contribution is -2.46. The molecule has 2 aromatic rings. The molecule has 0 saturated heterocycles. The zero-order valence-corrected chi connectivity index (χ0v) is 15.8. The van der Waals surface area contributed by atoms with E-state index in [-0.39, 0.29) is 10.9 Å². The summed E-state index contributed by atoms with van der Waals surface area (Å²) in [5.74, 6) is 0.713. The van der Waals surface area contributed by atoms with Crippen LogP contribution in [0.2, 0.25) is 0 Å². The Balaban J connectivity index is 1.80. The number of benzene rings is 2. The quantitative estimate of drug-likeness (QED) is 0.896. The molecule has 2 amide bonds. The number of sulfonamides is 1. The number of aryl methyl sites for hydroxylation is 1. The van der Waals surface area contributed by atoms with Crippen LogP contribution in [0.25, 0.3) is 0 Å². The van der Waals surface area contributed by atoms with Crippen LogP contribution < -0.4 is 9.46 Å². The Bertz CT molecular complexity index is 923. The Morgan fingerprint density at radius 2 is 1.88 bits per heavy atom. The number of nitrogens with zero attached hydrogens (tertiary/aromatic N) is 1. The van der Waals surface area contributed by atoms with Gasteiger partial charge in [0.2, 0.25) is 0 Å². The minimum atomic E-state index is -3.91. The summed E-state index contributed by atoms with van der Waals surface area (Å²) in [5.41, 5.74) is 3.06. The number of amides is 2. The van der Waals surface area contributed by atoms with Crippen molar-refractivity contribution in [3.05, 3.63) is 59.2 Å². The zero-order chi connectivity index (χ0) is 18.9. The van der Waals surface area contributed by atoms with Gasteiger partial charge in [-0.15, -0.1) is 0 Å². The highest BCUT2D eigenvalue weighted by Crippen LogP contribution is 2.32. The highest BCUT2D eigenvalue weighted by atomic mass is 32.2. The van der Waals surface area contributed by atoms with Crippen molar-refractivity contribution in [2.75, 3.05) is 13.7 Å². The fourth-order valence-corrected chi connectivity index (χ4v) is 4.11. The Morgan fingerprint density at radius 3 is 2.54 bits per heavy atom. The van der Waals surface area contributed by atoms with Crippen LogP contribution >= 0.6 is 0 Å². The second-order valence-corrected chi connectivity index (χ2v) is 8.09. The standard InChI is InChI=1S/C19H22N2O4S/c1-13-4-8-17(9-5-13)26(23,24)20-19(22)21-11-10-15-6-7-16(25-3)12-18(15)14(21)2/h4-9,12,14H,10-11H2,1-3H3,(H,20,22). The predicted molar refractivity (Wildman–Crippen MR) is 98.7 cm³/mol. The van der Waals surface area contributed by atoms with Gasteiger partial charge in [-0.2, -0.15) is 0 Å². The molecule has 1 unspecified atom stereocenters. The van der Waals surface area contributed by atoms with E-state index in [0.29, 0.717) is 18.7 Å². The molecule has 1 heterocycles. The summed E-state index contributed by atoms with van der Waals surface area (Å²) < 4.78 is 32.4. The first-order chi connectivity index (χ1) is 12.3. The molecule has 1 aliphatic heterocycles. The van der Waals surface area contributed by atoms with Crippen molar-refractivity contribution in [1.82, 2.24) is 9.62 Å². The number of hydrogen-bond acceptors (Lipinski definition) is 4. The Kier molecular flexibility index (Phi) is 4.91. The monoisotopic (exact) mass is 374 g/mol. The van der Waals surface area contributed by atoms with Gasteiger partial charge in [-0.05, 0) is 55.7 Å². The normalized spacial score (nSPS) is 16.7. The van der Waals surface area contributed by atoms with Gasteiger partial charge in [0.25, 0.3) is 10.0 Å². The number of hydrogen-bond donors (Lipinski definition) is 1. The van der Waals surface area contributed by atoms with E-state index in [9.17, 15) is 13.2 Å². The molecule has 138 valence electrons. The van der Waals surface area contributed by atoms with Crippen molar-refractivity contribution in [2.24, 2.45) is 0 Å². The number of ether oxygens (including phenoxy) is 1. The summed E-state index contributed by atoms with van der Waals surface area (Å²) in [6.45, 7) is 4.21. The third-order valence-corrected chi connectivity index (χ3v) is 6.04. The number of methoxy groups -OCH3 is 1. The van der Waals surface area contributed by atoms with E-state index in [0.717, 1.165) is 16.7 Å². The van der Waals surface area contributed by atoms with Crippen LogP contribution in [0.5, 0.6) is 5.75 Å². The van der Waals surface area contributed by atoms with Gasteiger partial charge in [-0.25, -0.2) is 17.9 Å². The highest BCUT2D eigenvalue weighted by Gasteiger charge is 2.30. The van der Waals surface area contributed by atoms with Crippen molar-refractivity contribution in [1.29, 1.82) is 0 Å². The topological polar surface area (TPSA) is 75.7 Å². The molecule has 2 aromatic carbocycles. The van der Waals surface area contributed by atoms with Crippen LogP contribution in [-0.2, 0) is 16.4 Å². The van der Waals surface area contributed by atoms with Crippen LogP contribution in [0.3, 0.4) is 0 Å². The lowest BCUT2D eigenvalue weighted by atomic mass is 9.93. The van der Waals surface area contributed by atoms with Crippen molar-refractivity contribution < 1.29 is 17.9 Å². The molecule has 6 nitrogen and oxygen atoms in total. The average Bonchev–Trinajstić information content (AvgIpc) is 2.61. The average molecular weight is 374 g/mol. The molecule has 0 spiro atoms. The molecular weight excluding hydrogens is 352 g/mol. The van der Waals surface area contributed by atoms with E-state index in [1.165, 1.54) is 17.0 Å². The molecule has 0 radical (unpaired) electrons. The van der Waals surface area contributed by atoms with Crippen molar-refractivity contribution in [3.8, 4) is 5.75 Å². The lowest BCUT2D eigenvalue weighted by Gasteiger charge is -2.35. The van der Waals surface area contributed by atoms with Gasteiger partial charge < -0.3 is 9.64 Å². The molecule has 0 bridgehead atoms. The van der Waals surface area contributed by atoms with Gasteiger partial charge in [-0.3, -0.25) is 0 Å². The maximum Gasteiger partial charge on any atom is 0.331 e. The third-order valence-electron chi connectivity index (χ3n) is 4.71. The highest BCUT2D eigenvalue weighted by molar-refractivity contribution is 7.90. The van der Waals surface area contributed by atoms with Gasteiger partial charge in [0.05, 0.1) is 18.0 Å². The molecule has 26 heavy (non-hydrogen) atoms. The molecule has 0 aliphatic carbocycles. The van der Waals surface area contributed by atoms with Gasteiger partial charge in [-0.1, -0.05) is 23.8 Å². The van der Waals surface area contributed by atoms with Gasteiger partial charge in [0, 0.05) is 6.54 Å².